The third-order valence-corrected chi connectivity index (χ3v) is 3.67. The van der Waals surface area contributed by atoms with E-state index in [0.717, 1.165) is 26.1 Å². The first-order valence-corrected chi connectivity index (χ1v) is 7.25. The van der Waals surface area contributed by atoms with Crippen LogP contribution in [-0.4, -0.2) is 26.8 Å². The second-order valence-corrected chi connectivity index (χ2v) is 5.22. The van der Waals surface area contributed by atoms with E-state index >= 15 is 0 Å². The van der Waals surface area contributed by atoms with Gasteiger partial charge in [0.25, 0.3) is 0 Å². The van der Waals surface area contributed by atoms with Crippen molar-refractivity contribution in [1.29, 1.82) is 0 Å². The van der Waals surface area contributed by atoms with Gasteiger partial charge in [-0.3, -0.25) is 0 Å². The molecule has 1 saturated heterocycles. The number of nitrogens with one attached hydrogen (secondary N) is 1. The standard InChI is InChI=1S/C16H25NO2/c1-3-9-17-11-15-8-10-19-16(15)14-6-4-13(5-7-14)12-18-2/h4-7,15-17H,3,8-12H2,1-2H3. The van der Waals surface area contributed by atoms with Crippen LogP contribution >= 0.6 is 0 Å². The van der Waals surface area contributed by atoms with Gasteiger partial charge in [-0.1, -0.05) is 31.2 Å². The van der Waals surface area contributed by atoms with Crippen molar-refractivity contribution >= 4 is 0 Å². The predicted molar refractivity (Wildman–Crippen MR) is 77.1 cm³/mol. The van der Waals surface area contributed by atoms with Gasteiger partial charge in [0.15, 0.2) is 0 Å². The molecule has 2 unspecified atom stereocenters. The van der Waals surface area contributed by atoms with Crippen LogP contribution in [0.4, 0.5) is 0 Å². The van der Waals surface area contributed by atoms with E-state index in [1.165, 1.54) is 17.5 Å². The molecule has 2 atom stereocenters. The fourth-order valence-corrected chi connectivity index (χ4v) is 2.65. The Kier molecular flexibility index (Phi) is 5.83. The Bertz CT molecular complexity index is 364. The first kappa shape index (κ1) is 14.5. The van der Waals surface area contributed by atoms with Crippen LogP contribution in [0.2, 0.25) is 0 Å². The van der Waals surface area contributed by atoms with E-state index in [-0.39, 0.29) is 6.10 Å². The lowest BCUT2D eigenvalue weighted by Crippen LogP contribution is -2.25. The van der Waals surface area contributed by atoms with Crippen molar-refractivity contribution in [3.63, 3.8) is 0 Å². The summed E-state index contributed by atoms with van der Waals surface area (Å²) in [6.45, 7) is 5.90. The van der Waals surface area contributed by atoms with Gasteiger partial charge in [0.2, 0.25) is 0 Å². The van der Waals surface area contributed by atoms with E-state index < -0.39 is 0 Å². The zero-order chi connectivity index (χ0) is 13.5. The normalized spacial score (nSPS) is 22.8. The van der Waals surface area contributed by atoms with Gasteiger partial charge in [-0.05, 0) is 30.5 Å². The van der Waals surface area contributed by atoms with E-state index in [1.54, 1.807) is 7.11 Å². The quantitative estimate of drug-likeness (QED) is 0.767. The van der Waals surface area contributed by atoms with Crippen molar-refractivity contribution in [2.24, 2.45) is 5.92 Å². The summed E-state index contributed by atoms with van der Waals surface area (Å²) in [5.41, 5.74) is 2.51. The molecule has 0 aliphatic carbocycles. The molecular weight excluding hydrogens is 238 g/mol. The summed E-state index contributed by atoms with van der Waals surface area (Å²) in [7, 11) is 1.73. The minimum atomic E-state index is 0.251. The van der Waals surface area contributed by atoms with Crippen LogP contribution in [0.1, 0.15) is 37.0 Å². The van der Waals surface area contributed by atoms with Crippen LogP contribution < -0.4 is 5.32 Å². The molecule has 0 bridgehead atoms. The molecule has 19 heavy (non-hydrogen) atoms. The molecule has 1 heterocycles. The molecule has 0 amide bonds. The molecule has 3 heteroatoms. The maximum atomic E-state index is 5.91. The molecule has 1 fully saturated rings. The Morgan fingerprint density at radius 1 is 1.32 bits per heavy atom. The monoisotopic (exact) mass is 263 g/mol. The van der Waals surface area contributed by atoms with Crippen LogP contribution in [0.15, 0.2) is 24.3 Å². The van der Waals surface area contributed by atoms with Gasteiger partial charge in [0, 0.05) is 26.2 Å². The zero-order valence-electron chi connectivity index (χ0n) is 12.0. The molecule has 3 nitrogen and oxygen atoms in total. The largest absolute Gasteiger partial charge is 0.380 e. The molecular formula is C16H25NO2. The summed E-state index contributed by atoms with van der Waals surface area (Å²) >= 11 is 0. The van der Waals surface area contributed by atoms with Gasteiger partial charge in [-0.2, -0.15) is 0 Å². The Labute approximate surface area is 116 Å². The van der Waals surface area contributed by atoms with Crippen molar-refractivity contribution < 1.29 is 9.47 Å². The Morgan fingerprint density at radius 2 is 2.11 bits per heavy atom. The van der Waals surface area contributed by atoms with Crippen LogP contribution in [0, 0.1) is 5.92 Å². The molecule has 1 N–H and O–H groups in total. The first-order chi connectivity index (χ1) is 9.35. The van der Waals surface area contributed by atoms with Crippen molar-refractivity contribution in [1.82, 2.24) is 5.32 Å². The Hall–Kier alpha value is -0.900. The molecule has 2 rings (SSSR count). The SMILES string of the molecule is CCCNCC1CCOC1c1ccc(COC)cc1. The Balaban J connectivity index is 1.94. The van der Waals surface area contributed by atoms with Gasteiger partial charge in [0.05, 0.1) is 12.7 Å². The lowest BCUT2D eigenvalue weighted by Gasteiger charge is -2.19. The highest BCUT2D eigenvalue weighted by Gasteiger charge is 2.29. The van der Waals surface area contributed by atoms with Gasteiger partial charge >= 0.3 is 0 Å². The van der Waals surface area contributed by atoms with Crippen molar-refractivity contribution in [3.05, 3.63) is 35.4 Å². The number of ether oxygens (including phenoxy) is 2. The fraction of sp³-hybridized carbons (Fsp3) is 0.625. The molecule has 0 radical (unpaired) electrons. The number of benzene rings is 1. The first-order valence-electron chi connectivity index (χ1n) is 7.25. The van der Waals surface area contributed by atoms with Crippen molar-refractivity contribution in [2.75, 3.05) is 26.8 Å². The number of hydrogen-bond donors (Lipinski definition) is 1. The smallest absolute Gasteiger partial charge is 0.0866 e. The van der Waals surface area contributed by atoms with Crippen molar-refractivity contribution in [2.45, 2.75) is 32.5 Å². The van der Waals surface area contributed by atoms with Gasteiger partial charge in [0.1, 0.15) is 0 Å². The maximum absolute atomic E-state index is 5.91. The van der Waals surface area contributed by atoms with Crippen LogP contribution in [0.5, 0.6) is 0 Å². The summed E-state index contributed by atoms with van der Waals surface area (Å²) in [6.07, 6.45) is 2.59. The topological polar surface area (TPSA) is 30.5 Å². The highest BCUT2D eigenvalue weighted by molar-refractivity contribution is 5.25. The molecule has 106 valence electrons. The molecule has 0 saturated carbocycles. The predicted octanol–water partition coefficient (Wildman–Crippen LogP) is 2.91. The van der Waals surface area contributed by atoms with Gasteiger partial charge < -0.3 is 14.8 Å². The maximum Gasteiger partial charge on any atom is 0.0866 e. The average molecular weight is 263 g/mol. The van der Waals surface area contributed by atoms with Gasteiger partial charge in [-0.15, -0.1) is 0 Å². The zero-order valence-corrected chi connectivity index (χ0v) is 12.0. The van der Waals surface area contributed by atoms with Crippen LogP contribution in [-0.2, 0) is 16.1 Å². The fourth-order valence-electron chi connectivity index (χ4n) is 2.65. The molecule has 1 aliphatic heterocycles. The van der Waals surface area contributed by atoms with E-state index in [9.17, 15) is 0 Å². The van der Waals surface area contributed by atoms with E-state index in [4.69, 9.17) is 9.47 Å². The highest BCUT2D eigenvalue weighted by Crippen LogP contribution is 2.34. The molecule has 1 aromatic rings. The Morgan fingerprint density at radius 3 is 2.79 bits per heavy atom. The molecule has 0 aromatic heterocycles. The minimum Gasteiger partial charge on any atom is -0.380 e. The van der Waals surface area contributed by atoms with Crippen molar-refractivity contribution in [3.8, 4) is 0 Å². The molecule has 0 spiro atoms. The van der Waals surface area contributed by atoms with E-state index in [0.29, 0.717) is 12.5 Å². The summed E-state index contributed by atoms with van der Waals surface area (Å²) in [5, 5.41) is 3.51. The van der Waals surface area contributed by atoms with Crippen LogP contribution in [0.25, 0.3) is 0 Å². The van der Waals surface area contributed by atoms with E-state index in [1.807, 2.05) is 0 Å². The number of rotatable bonds is 7. The van der Waals surface area contributed by atoms with Gasteiger partial charge in [-0.25, -0.2) is 0 Å². The lowest BCUT2D eigenvalue weighted by molar-refractivity contribution is 0.0905. The van der Waals surface area contributed by atoms with Crippen LogP contribution in [0.3, 0.4) is 0 Å². The summed E-state index contributed by atoms with van der Waals surface area (Å²) < 4.78 is 11.0. The summed E-state index contributed by atoms with van der Waals surface area (Å²) in [4.78, 5) is 0. The second-order valence-electron chi connectivity index (χ2n) is 5.22. The second kappa shape index (κ2) is 7.63. The summed E-state index contributed by atoms with van der Waals surface area (Å²) in [6, 6.07) is 8.63. The number of hydrogen-bond acceptors (Lipinski definition) is 3. The lowest BCUT2D eigenvalue weighted by atomic mass is 9.94. The minimum absolute atomic E-state index is 0.251. The average Bonchev–Trinajstić information content (AvgIpc) is 2.89. The third-order valence-electron chi connectivity index (χ3n) is 3.67. The third kappa shape index (κ3) is 4.03. The molecule has 1 aliphatic rings. The summed E-state index contributed by atoms with van der Waals surface area (Å²) in [5.74, 6) is 0.597. The molecule has 1 aromatic carbocycles. The number of methoxy groups -OCH3 is 1. The van der Waals surface area contributed by atoms with E-state index in [2.05, 4.69) is 36.5 Å². The highest BCUT2D eigenvalue weighted by atomic mass is 16.5.